The Labute approximate surface area is 132 Å². The van der Waals surface area contributed by atoms with Crippen LogP contribution in [0, 0.1) is 5.82 Å². The van der Waals surface area contributed by atoms with E-state index in [9.17, 15) is 9.18 Å². The first-order valence-corrected chi connectivity index (χ1v) is 8.08. The third kappa shape index (κ3) is 3.60. The number of para-hydroxylation sites is 1. The van der Waals surface area contributed by atoms with Crippen LogP contribution in [0.1, 0.15) is 11.5 Å². The zero-order valence-corrected chi connectivity index (χ0v) is 12.7. The van der Waals surface area contributed by atoms with Crippen molar-refractivity contribution < 1.29 is 13.9 Å². The molecule has 3 nitrogen and oxygen atoms in total. The van der Waals surface area contributed by atoms with E-state index in [2.05, 4.69) is 5.32 Å². The van der Waals surface area contributed by atoms with Crippen molar-refractivity contribution in [3.8, 4) is 5.75 Å². The molecule has 0 spiro atoms. The first-order valence-electron chi connectivity index (χ1n) is 7.09. The molecule has 1 heterocycles. The molecule has 0 radical (unpaired) electrons. The molecule has 3 rings (SSSR count). The molecule has 0 aromatic heterocycles. The van der Waals surface area contributed by atoms with Gasteiger partial charge in [0.1, 0.15) is 11.6 Å². The summed E-state index contributed by atoms with van der Waals surface area (Å²) in [6, 6.07) is 14.0. The Balaban J connectivity index is 1.46. The largest absolute Gasteiger partial charge is 0.493 e. The second-order valence-electron chi connectivity index (χ2n) is 5.09. The molecule has 0 bridgehead atoms. The van der Waals surface area contributed by atoms with E-state index in [1.807, 2.05) is 24.3 Å². The van der Waals surface area contributed by atoms with Gasteiger partial charge in [-0.2, -0.15) is 0 Å². The number of hydrogen-bond acceptors (Lipinski definition) is 3. The SMILES string of the molecule is O=C(CSc1ccc(F)cc1)NCC1COc2ccccc21. The second-order valence-corrected chi connectivity index (χ2v) is 6.14. The number of ether oxygens (including phenoxy) is 1. The number of carbonyl (C=O) groups excluding carboxylic acids is 1. The quantitative estimate of drug-likeness (QED) is 0.861. The number of thioether (sulfide) groups is 1. The minimum absolute atomic E-state index is 0.0290. The lowest BCUT2D eigenvalue weighted by Gasteiger charge is -2.10. The molecule has 1 amide bonds. The molecule has 0 fully saturated rings. The zero-order chi connectivity index (χ0) is 15.4. The highest BCUT2D eigenvalue weighted by Gasteiger charge is 2.23. The van der Waals surface area contributed by atoms with Crippen molar-refractivity contribution in [2.45, 2.75) is 10.8 Å². The van der Waals surface area contributed by atoms with Crippen molar-refractivity contribution in [3.05, 3.63) is 59.9 Å². The standard InChI is InChI=1S/C17H16FNO2S/c18-13-5-7-14(8-6-13)22-11-17(20)19-9-12-10-21-16-4-2-1-3-15(12)16/h1-8,12H,9-11H2,(H,19,20). The number of amides is 1. The van der Waals surface area contributed by atoms with Gasteiger partial charge in [-0.15, -0.1) is 11.8 Å². The van der Waals surface area contributed by atoms with E-state index in [0.717, 1.165) is 16.2 Å². The lowest BCUT2D eigenvalue weighted by Crippen LogP contribution is -2.30. The first kappa shape index (κ1) is 14.9. The van der Waals surface area contributed by atoms with Crippen LogP contribution in [0.4, 0.5) is 4.39 Å². The topological polar surface area (TPSA) is 38.3 Å². The third-order valence-corrected chi connectivity index (χ3v) is 4.54. The van der Waals surface area contributed by atoms with E-state index in [4.69, 9.17) is 4.74 Å². The molecular weight excluding hydrogens is 301 g/mol. The van der Waals surface area contributed by atoms with Gasteiger partial charge < -0.3 is 10.1 Å². The molecular formula is C17H16FNO2S. The highest BCUT2D eigenvalue weighted by Crippen LogP contribution is 2.32. The molecule has 22 heavy (non-hydrogen) atoms. The van der Waals surface area contributed by atoms with Crippen molar-refractivity contribution >= 4 is 17.7 Å². The lowest BCUT2D eigenvalue weighted by atomic mass is 10.0. The number of benzene rings is 2. The fourth-order valence-corrected chi connectivity index (χ4v) is 3.09. The van der Waals surface area contributed by atoms with E-state index < -0.39 is 0 Å². The average Bonchev–Trinajstić information content (AvgIpc) is 2.96. The van der Waals surface area contributed by atoms with Crippen LogP contribution in [0.3, 0.4) is 0 Å². The van der Waals surface area contributed by atoms with E-state index in [1.54, 1.807) is 12.1 Å². The minimum Gasteiger partial charge on any atom is -0.493 e. The van der Waals surface area contributed by atoms with Gasteiger partial charge >= 0.3 is 0 Å². The summed E-state index contributed by atoms with van der Waals surface area (Å²) in [6.45, 7) is 1.17. The predicted octanol–water partition coefficient (Wildman–Crippen LogP) is 3.21. The average molecular weight is 317 g/mol. The van der Waals surface area contributed by atoms with E-state index in [0.29, 0.717) is 18.9 Å². The van der Waals surface area contributed by atoms with E-state index >= 15 is 0 Å². The molecule has 1 N–H and O–H groups in total. The summed E-state index contributed by atoms with van der Waals surface area (Å²) in [6.07, 6.45) is 0. The lowest BCUT2D eigenvalue weighted by molar-refractivity contribution is -0.118. The van der Waals surface area contributed by atoms with Crippen molar-refractivity contribution in [3.63, 3.8) is 0 Å². The van der Waals surface area contributed by atoms with Crippen LogP contribution in [0.25, 0.3) is 0 Å². The van der Waals surface area contributed by atoms with Gasteiger partial charge in [-0.1, -0.05) is 18.2 Å². The Morgan fingerprint density at radius 1 is 1.23 bits per heavy atom. The van der Waals surface area contributed by atoms with Gasteiger partial charge in [0, 0.05) is 22.9 Å². The molecule has 5 heteroatoms. The maximum atomic E-state index is 12.8. The Morgan fingerprint density at radius 2 is 2.00 bits per heavy atom. The Hall–Kier alpha value is -2.01. The van der Waals surface area contributed by atoms with Crippen LogP contribution in [0.15, 0.2) is 53.4 Å². The number of halogens is 1. The normalized spacial score (nSPS) is 16.0. The van der Waals surface area contributed by atoms with Crippen molar-refractivity contribution in [1.29, 1.82) is 0 Å². The van der Waals surface area contributed by atoms with Crippen molar-refractivity contribution in [1.82, 2.24) is 5.32 Å². The van der Waals surface area contributed by atoms with Crippen molar-refractivity contribution in [2.75, 3.05) is 18.9 Å². The molecule has 1 aliphatic heterocycles. The summed E-state index contributed by atoms with van der Waals surface area (Å²) in [5, 5.41) is 2.93. The van der Waals surface area contributed by atoms with Gasteiger partial charge in [0.2, 0.25) is 5.91 Å². The summed E-state index contributed by atoms with van der Waals surface area (Å²) in [5.41, 5.74) is 1.15. The van der Waals surface area contributed by atoms with Crippen LogP contribution >= 0.6 is 11.8 Å². The summed E-state index contributed by atoms with van der Waals surface area (Å²) >= 11 is 1.40. The van der Waals surface area contributed by atoms with Crippen LogP contribution in [-0.4, -0.2) is 24.8 Å². The van der Waals surface area contributed by atoms with Gasteiger partial charge in [-0.05, 0) is 30.3 Å². The van der Waals surface area contributed by atoms with Crippen LogP contribution in [0.2, 0.25) is 0 Å². The highest BCUT2D eigenvalue weighted by molar-refractivity contribution is 8.00. The highest BCUT2D eigenvalue weighted by atomic mass is 32.2. The number of fused-ring (bicyclic) bond motifs is 1. The fraction of sp³-hybridized carbons (Fsp3) is 0.235. The number of hydrogen-bond donors (Lipinski definition) is 1. The summed E-state index contributed by atoms with van der Waals surface area (Å²) in [5.74, 6) is 1.13. The molecule has 0 saturated carbocycles. The second kappa shape index (κ2) is 6.83. The molecule has 1 atom stereocenters. The first-order chi connectivity index (χ1) is 10.7. The summed E-state index contributed by atoms with van der Waals surface area (Å²) in [4.78, 5) is 12.8. The maximum absolute atomic E-state index is 12.8. The van der Waals surface area contributed by atoms with Crippen LogP contribution < -0.4 is 10.1 Å². The fourth-order valence-electron chi connectivity index (χ4n) is 2.37. The van der Waals surface area contributed by atoms with Crippen LogP contribution in [0.5, 0.6) is 5.75 Å². The zero-order valence-electron chi connectivity index (χ0n) is 11.9. The van der Waals surface area contributed by atoms with E-state index in [1.165, 1.54) is 23.9 Å². The summed E-state index contributed by atoms with van der Waals surface area (Å²) in [7, 11) is 0. The number of nitrogens with one attached hydrogen (secondary N) is 1. The monoisotopic (exact) mass is 317 g/mol. The minimum atomic E-state index is -0.270. The van der Waals surface area contributed by atoms with Gasteiger partial charge in [-0.3, -0.25) is 4.79 Å². The molecule has 1 aliphatic rings. The van der Waals surface area contributed by atoms with Gasteiger partial charge in [0.05, 0.1) is 12.4 Å². The molecule has 0 saturated heterocycles. The predicted molar refractivity (Wildman–Crippen MR) is 84.8 cm³/mol. The number of carbonyl (C=O) groups is 1. The van der Waals surface area contributed by atoms with Gasteiger partial charge in [-0.25, -0.2) is 4.39 Å². The Kier molecular flexibility index (Phi) is 4.63. The van der Waals surface area contributed by atoms with Gasteiger partial charge in [0.15, 0.2) is 0 Å². The molecule has 2 aromatic carbocycles. The summed E-state index contributed by atoms with van der Waals surface area (Å²) < 4.78 is 18.4. The van der Waals surface area contributed by atoms with Crippen LogP contribution in [-0.2, 0) is 4.79 Å². The molecule has 2 aromatic rings. The van der Waals surface area contributed by atoms with Gasteiger partial charge in [0.25, 0.3) is 0 Å². The Morgan fingerprint density at radius 3 is 2.82 bits per heavy atom. The molecule has 1 unspecified atom stereocenters. The molecule has 114 valence electrons. The van der Waals surface area contributed by atoms with E-state index in [-0.39, 0.29) is 17.6 Å². The number of rotatable bonds is 5. The smallest absolute Gasteiger partial charge is 0.230 e. The third-order valence-electron chi connectivity index (χ3n) is 3.53. The molecule has 0 aliphatic carbocycles. The maximum Gasteiger partial charge on any atom is 0.230 e. The van der Waals surface area contributed by atoms with Crippen molar-refractivity contribution in [2.24, 2.45) is 0 Å². The Bertz CT molecular complexity index is 660.